The number of fused-ring (bicyclic) bond motifs is 1. The SMILES string of the molecule is Cc1ccc(F)c(Nc2cc(C#N)c3ccccc3n2)c1. The number of nitriles is 1. The van der Waals surface area contributed by atoms with Gasteiger partial charge in [-0.1, -0.05) is 24.3 Å². The van der Waals surface area contributed by atoms with Gasteiger partial charge in [-0.05, 0) is 36.8 Å². The van der Waals surface area contributed by atoms with Crippen LogP contribution in [-0.4, -0.2) is 4.98 Å². The van der Waals surface area contributed by atoms with E-state index in [2.05, 4.69) is 16.4 Å². The van der Waals surface area contributed by atoms with Gasteiger partial charge in [0.15, 0.2) is 0 Å². The summed E-state index contributed by atoms with van der Waals surface area (Å²) < 4.78 is 13.8. The van der Waals surface area contributed by atoms with Crippen LogP contribution in [0.15, 0.2) is 48.5 Å². The molecule has 102 valence electrons. The largest absolute Gasteiger partial charge is 0.338 e. The highest BCUT2D eigenvalue weighted by Crippen LogP contribution is 2.24. The highest BCUT2D eigenvalue weighted by Gasteiger charge is 2.08. The Morgan fingerprint density at radius 1 is 1.14 bits per heavy atom. The minimum atomic E-state index is -0.353. The summed E-state index contributed by atoms with van der Waals surface area (Å²) in [6, 6.07) is 16.0. The van der Waals surface area contributed by atoms with Gasteiger partial charge in [-0.25, -0.2) is 9.37 Å². The summed E-state index contributed by atoms with van der Waals surface area (Å²) in [5, 5.41) is 13.0. The van der Waals surface area contributed by atoms with Crippen LogP contribution >= 0.6 is 0 Å². The fraction of sp³-hybridized carbons (Fsp3) is 0.0588. The second-order valence-electron chi connectivity index (χ2n) is 4.79. The summed E-state index contributed by atoms with van der Waals surface area (Å²) >= 11 is 0. The molecular weight excluding hydrogens is 265 g/mol. The van der Waals surface area contributed by atoms with Gasteiger partial charge < -0.3 is 5.32 Å². The predicted molar refractivity (Wildman–Crippen MR) is 80.9 cm³/mol. The van der Waals surface area contributed by atoms with E-state index in [1.54, 1.807) is 18.2 Å². The van der Waals surface area contributed by atoms with Crippen molar-refractivity contribution < 1.29 is 4.39 Å². The second-order valence-corrected chi connectivity index (χ2v) is 4.79. The fourth-order valence-corrected chi connectivity index (χ4v) is 2.20. The van der Waals surface area contributed by atoms with Crippen molar-refractivity contribution in [2.75, 3.05) is 5.32 Å². The van der Waals surface area contributed by atoms with Gasteiger partial charge in [0.05, 0.1) is 22.8 Å². The molecule has 0 atom stereocenters. The fourth-order valence-electron chi connectivity index (χ4n) is 2.20. The van der Waals surface area contributed by atoms with Gasteiger partial charge in [0.25, 0.3) is 0 Å². The van der Waals surface area contributed by atoms with Crippen LogP contribution in [0.25, 0.3) is 10.9 Å². The first-order valence-corrected chi connectivity index (χ1v) is 6.50. The first kappa shape index (κ1) is 13.1. The van der Waals surface area contributed by atoms with E-state index in [4.69, 9.17) is 0 Å². The Hall–Kier alpha value is -2.93. The normalized spacial score (nSPS) is 10.3. The van der Waals surface area contributed by atoms with E-state index in [0.717, 1.165) is 10.9 Å². The monoisotopic (exact) mass is 277 g/mol. The Balaban J connectivity index is 2.09. The standard InChI is InChI=1S/C17H12FN3/c1-11-6-7-14(18)16(8-11)21-17-9-12(10-19)13-4-2-3-5-15(13)20-17/h2-9H,1H3,(H,20,21). The summed E-state index contributed by atoms with van der Waals surface area (Å²) in [5.41, 5.74) is 2.50. The number of halogens is 1. The topological polar surface area (TPSA) is 48.7 Å². The van der Waals surface area contributed by atoms with Crippen molar-refractivity contribution in [1.82, 2.24) is 4.98 Å². The van der Waals surface area contributed by atoms with Crippen LogP contribution in [0.3, 0.4) is 0 Å². The maximum Gasteiger partial charge on any atom is 0.146 e. The van der Waals surface area contributed by atoms with Crippen LogP contribution in [0.4, 0.5) is 15.9 Å². The van der Waals surface area contributed by atoms with Crippen molar-refractivity contribution in [2.45, 2.75) is 6.92 Å². The first-order valence-electron chi connectivity index (χ1n) is 6.50. The van der Waals surface area contributed by atoms with Gasteiger partial charge in [-0.15, -0.1) is 0 Å². The number of benzene rings is 2. The van der Waals surface area contributed by atoms with E-state index >= 15 is 0 Å². The van der Waals surface area contributed by atoms with Crippen LogP contribution in [0.1, 0.15) is 11.1 Å². The molecule has 3 aromatic rings. The van der Waals surface area contributed by atoms with E-state index in [0.29, 0.717) is 22.6 Å². The van der Waals surface area contributed by atoms with Crippen LogP contribution < -0.4 is 5.32 Å². The van der Waals surface area contributed by atoms with Gasteiger partial charge in [-0.2, -0.15) is 5.26 Å². The lowest BCUT2D eigenvalue weighted by molar-refractivity contribution is 0.631. The van der Waals surface area contributed by atoms with E-state index in [1.807, 2.05) is 31.2 Å². The zero-order valence-corrected chi connectivity index (χ0v) is 11.4. The molecule has 0 unspecified atom stereocenters. The summed E-state index contributed by atoms with van der Waals surface area (Å²) in [7, 11) is 0. The summed E-state index contributed by atoms with van der Waals surface area (Å²) in [6.07, 6.45) is 0. The molecule has 0 aliphatic heterocycles. The molecule has 0 radical (unpaired) electrons. The van der Waals surface area contributed by atoms with Gasteiger partial charge in [0.1, 0.15) is 11.6 Å². The maximum absolute atomic E-state index is 13.8. The Labute approximate surface area is 121 Å². The number of hydrogen-bond donors (Lipinski definition) is 1. The molecule has 1 aromatic heterocycles. The number of aryl methyl sites for hydroxylation is 1. The lowest BCUT2D eigenvalue weighted by atomic mass is 10.1. The third-order valence-corrected chi connectivity index (χ3v) is 3.22. The predicted octanol–water partition coefficient (Wildman–Crippen LogP) is 4.30. The molecule has 0 aliphatic carbocycles. The summed E-state index contributed by atoms with van der Waals surface area (Å²) in [6.45, 7) is 1.89. The molecule has 3 nitrogen and oxygen atoms in total. The minimum Gasteiger partial charge on any atom is -0.338 e. The Kier molecular flexibility index (Phi) is 3.25. The van der Waals surface area contributed by atoms with Crippen LogP contribution in [-0.2, 0) is 0 Å². The third kappa shape index (κ3) is 2.54. The molecule has 3 rings (SSSR count). The van der Waals surface area contributed by atoms with Crippen molar-refractivity contribution in [3.05, 3.63) is 65.5 Å². The lowest BCUT2D eigenvalue weighted by Crippen LogP contribution is -1.98. The molecule has 0 saturated carbocycles. The highest BCUT2D eigenvalue weighted by atomic mass is 19.1. The molecule has 21 heavy (non-hydrogen) atoms. The van der Waals surface area contributed by atoms with Crippen LogP contribution in [0.5, 0.6) is 0 Å². The molecule has 1 N–H and O–H groups in total. The first-order chi connectivity index (χ1) is 10.2. The van der Waals surface area contributed by atoms with E-state index in [1.165, 1.54) is 6.07 Å². The third-order valence-electron chi connectivity index (χ3n) is 3.22. The summed E-state index contributed by atoms with van der Waals surface area (Å²) in [5.74, 6) is 0.101. The van der Waals surface area contributed by atoms with Crippen molar-refractivity contribution in [3.8, 4) is 6.07 Å². The molecule has 2 aromatic carbocycles. The average molecular weight is 277 g/mol. The molecule has 0 bridgehead atoms. The highest BCUT2D eigenvalue weighted by molar-refractivity contribution is 5.86. The maximum atomic E-state index is 13.8. The molecule has 4 heteroatoms. The van der Waals surface area contributed by atoms with Crippen molar-refractivity contribution in [3.63, 3.8) is 0 Å². The minimum absolute atomic E-state index is 0.349. The van der Waals surface area contributed by atoms with Crippen molar-refractivity contribution in [2.24, 2.45) is 0 Å². The number of para-hydroxylation sites is 1. The number of hydrogen-bond acceptors (Lipinski definition) is 3. The average Bonchev–Trinajstić information content (AvgIpc) is 2.50. The molecule has 0 amide bonds. The van der Waals surface area contributed by atoms with E-state index in [9.17, 15) is 9.65 Å². The zero-order chi connectivity index (χ0) is 14.8. The quantitative estimate of drug-likeness (QED) is 0.759. The lowest BCUT2D eigenvalue weighted by Gasteiger charge is -2.09. The number of nitrogens with one attached hydrogen (secondary N) is 1. The van der Waals surface area contributed by atoms with Gasteiger partial charge in [0, 0.05) is 5.39 Å². The summed E-state index contributed by atoms with van der Waals surface area (Å²) in [4.78, 5) is 4.42. The molecule has 0 fully saturated rings. The van der Waals surface area contributed by atoms with E-state index < -0.39 is 0 Å². The number of rotatable bonds is 2. The number of aromatic nitrogens is 1. The van der Waals surface area contributed by atoms with Gasteiger partial charge >= 0.3 is 0 Å². The Morgan fingerprint density at radius 2 is 1.95 bits per heavy atom. The van der Waals surface area contributed by atoms with E-state index in [-0.39, 0.29) is 5.82 Å². The van der Waals surface area contributed by atoms with Gasteiger partial charge in [-0.3, -0.25) is 0 Å². The van der Waals surface area contributed by atoms with Crippen molar-refractivity contribution in [1.29, 1.82) is 5.26 Å². The van der Waals surface area contributed by atoms with Crippen LogP contribution in [0.2, 0.25) is 0 Å². The number of anilines is 2. The van der Waals surface area contributed by atoms with Gasteiger partial charge in [0.2, 0.25) is 0 Å². The molecule has 0 aliphatic rings. The molecular formula is C17H12FN3. The second kappa shape index (κ2) is 5.22. The Morgan fingerprint density at radius 3 is 2.76 bits per heavy atom. The Bertz CT molecular complexity index is 866. The molecule has 1 heterocycles. The number of nitrogens with zero attached hydrogens (tertiary/aromatic N) is 2. The smallest absolute Gasteiger partial charge is 0.146 e. The zero-order valence-electron chi connectivity index (χ0n) is 11.4. The number of pyridine rings is 1. The molecule has 0 spiro atoms. The molecule has 0 saturated heterocycles. The van der Waals surface area contributed by atoms with Crippen LogP contribution in [0, 0.1) is 24.1 Å². The van der Waals surface area contributed by atoms with Crippen molar-refractivity contribution >= 4 is 22.4 Å².